The van der Waals surface area contributed by atoms with E-state index in [-0.39, 0.29) is 29.6 Å². The molecule has 0 heterocycles. The number of nitrogens with one attached hydrogen (secondary N) is 4. The van der Waals surface area contributed by atoms with E-state index in [1.807, 2.05) is 115 Å². The van der Waals surface area contributed by atoms with Crippen LogP contribution in [0.4, 0.5) is 41.9 Å². The molecule has 16 nitrogen and oxygen atoms in total. The molecule has 4 aromatic rings. The number of benzene rings is 4. The van der Waals surface area contributed by atoms with E-state index in [9.17, 15) is 19.2 Å². The molecule has 4 aromatic carbocycles. The van der Waals surface area contributed by atoms with Crippen LogP contribution in [0.1, 0.15) is 54.4 Å². The second-order valence-corrected chi connectivity index (χ2v) is 25.0. The summed E-state index contributed by atoms with van der Waals surface area (Å²) in [4.78, 5) is 50.4. The molecule has 0 bridgehead atoms. The number of hydrogen-bond donors (Lipinski definition) is 4. The molecule has 0 fully saturated rings. The lowest BCUT2D eigenvalue weighted by atomic mass is 9.99. The van der Waals surface area contributed by atoms with Gasteiger partial charge in [0.25, 0.3) is 10.5 Å². The third-order valence-corrected chi connectivity index (χ3v) is 18.9. The molecule has 0 spiro atoms. The van der Waals surface area contributed by atoms with E-state index in [0.717, 1.165) is 41.5 Å². The highest BCUT2D eigenvalue weighted by Crippen LogP contribution is 2.24. The minimum atomic E-state index is -2.66. The van der Waals surface area contributed by atoms with Gasteiger partial charge in [-0.25, -0.2) is 9.59 Å². The molecular weight excluding hydrogens is 1020 g/mol. The first kappa shape index (κ1) is 61.0. The van der Waals surface area contributed by atoms with Crippen molar-refractivity contribution in [3.63, 3.8) is 0 Å². The molecule has 0 aliphatic carbocycles. The number of carbonyl (C=O) groups is 4. The first-order valence-corrected chi connectivity index (χ1v) is 30.1. The van der Waals surface area contributed by atoms with Crippen molar-refractivity contribution in [2.45, 2.75) is 57.0 Å². The second-order valence-electron chi connectivity index (χ2n) is 16.7. The molecule has 74 heavy (non-hydrogen) atoms. The Morgan fingerprint density at radius 3 is 1.26 bits per heavy atom. The Labute approximate surface area is 447 Å². The summed E-state index contributed by atoms with van der Waals surface area (Å²) < 4.78 is 43.5. The van der Waals surface area contributed by atoms with Crippen LogP contribution in [-0.2, 0) is 48.9 Å². The van der Waals surface area contributed by atoms with E-state index in [0.29, 0.717) is 72.0 Å². The molecule has 4 rings (SSSR count). The van der Waals surface area contributed by atoms with Crippen LogP contribution in [0.2, 0.25) is 12.1 Å². The molecule has 0 saturated carbocycles. The Morgan fingerprint density at radius 2 is 0.892 bits per heavy atom. The SMILES string of the molecule is C=CC(C/C=C/COC(=O)Nc1cccc(Cc2cccc(NC(=O)SCCC[Si](OC)(OC)OC)c2)c1)CC/C=C/COC(=O)Nc1cccc(Cc2cccc(NC(=O)SCCC[Si](OC)(OC)OC)c2)c1. The lowest BCUT2D eigenvalue weighted by Gasteiger charge is -2.24. The van der Waals surface area contributed by atoms with Gasteiger partial charge in [0.1, 0.15) is 13.2 Å². The maximum absolute atomic E-state index is 12.6. The lowest BCUT2D eigenvalue weighted by molar-refractivity contribution is 0.123. The van der Waals surface area contributed by atoms with Crippen molar-refractivity contribution >= 4 is 86.5 Å². The van der Waals surface area contributed by atoms with Gasteiger partial charge in [0.2, 0.25) is 0 Å². The number of hydrogen-bond acceptors (Lipinski definition) is 14. The van der Waals surface area contributed by atoms with Crippen molar-refractivity contribution in [2.75, 3.05) is 88.6 Å². The van der Waals surface area contributed by atoms with Crippen molar-refractivity contribution in [3.05, 3.63) is 156 Å². The molecule has 0 aromatic heterocycles. The van der Waals surface area contributed by atoms with Gasteiger partial charge in [0, 0.05) is 89.0 Å². The monoisotopic (exact) mass is 1090 g/mol. The first-order chi connectivity index (χ1) is 35.9. The van der Waals surface area contributed by atoms with Crippen LogP contribution >= 0.6 is 23.5 Å². The zero-order chi connectivity index (χ0) is 53.4. The number of ether oxygens (including phenoxy) is 2. The van der Waals surface area contributed by atoms with E-state index >= 15 is 0 Å². The van der Waals surface area contributed by atoms with Gasteiger partial charge in [-0.1, -0.05) is 102 Å². The van der Waals surface area contributed by atoms with Gasteiger partial charge in [-0.3, -0.25) is 20.2 Å². The Hall–Kier alpha value is -5.53. The molecule has 20 heteroatoms. The highest BCUT2D eigenvalue weighted by Gasteiger charge is 2.37. The maximum atomic E-state index is 12.6. The van der Waals surface area contributed by atoms with Gasteiger partial charge in [-0.2, -0.15) is 0 Å². The van der Waals surface area contributed by atoms with Crippen molar-refractivity contribution in [2.24, 2.45) is 5.92 Å². The number of anilines is 4. The number of carbonyl (C=O) groups excluding carboxylic acids is 4. The van der Waals surface area contributed by atoms with Gasteiger partial charge >= 0.3 is 29.8 Å². The van der Waals surface area contributed by atoms with E-state index in [2.05, 4.69) is 27.8 Å². The molecule has 0 aliphatic rings. The third-order valence-electron chi connectivity index (χ3n) is 11.5. The highest BCUT2D eigenvalue weighted by atomic mass is 32.2. The summed E-state index contributed by atoms with van der Waals surface area (Å²) in [7, 11) is 4.14. The van der Waals surface area contributed by atoms with E-state index in [1.54, 1.807) is 54.8 Å². The van der Waals surface area contributed by atoms with E-state index in [1.165, 1.54) is 23.5 Å². The number of amides is 4. The fraction of sp³-hybridized carbons (Fsp3) is 0.370. The molecule has 0 aliphatic heterocycles. The average molecular weight is 1090 g/mol. The first-order valence-electron chi connectivity index (χ1n) is 24.2. The van der Waals surface area contributed by atoms with Gasteiger partial charge in [0.05, 0.1) is 0 Å². The van der Waals surface area contributed by atoms with Gasteiger partial charge in [-0.15, -0.1) is 6.58 Å². The van der Waals surface area contributed by atoms with Crippen molar-refractivity contribution < 1.29 is 55.2 Å². The summed E-state index contributed by atoms with van der Waals surface area (Å²) in [5.41, 5.74) is 6.60. The Kier molecular flexibility index (Phi) is 28.1. The quantitative estimate of drug-likeness (QED) is 0.0205. The fourth-order valence-electron chi connectivity index (χ4n) is 7.56. The van der Waals surface area contributed by atoms with Crippen molar-refractivity contribution in [1.82, 2.24) is 0 Å². The van der Waals surface area contributed by atoms with Crippen LogP contribution in [0.15, 0.2) is 134 Å². The van der Waals surface area contributed by atoms with Gasteiger partial charge in [0.15, 0.2) is 0 Å². The van der Waals surface area contributed by atoms with E-state index in [4.69, 9.17) is 36.0 Å². The van der Waals surface area contributed by atoms with Crippen LogP contribution in [0.25, 0.3) is 0 Å². The minimum absolute atomic E-state index is 0.117. The zero-order valence-electron chi connectivity index (χ0n) is 43.3. The Bertz CT molecular complexity index is 2420. The van der Waals surface area contributed by atoms with E-state index < -0.39 is 29.8 Å². The predicted molar refractivity (Wildman–Crippen MR) is 303 cm³/mol. The summed E-state index contributed by atoms with van der Waals surface area (Å²) in [6.45, 7) is 4.22. The lowest BCUT2D eigenvalue weighted by Crippen LogP contribution is -2.42. The summed E-state index contributed by atoms with van der Waals surface area (Å²) >= 11 is 2.40. The molecule has 1 atom stereocenters. The van der Waals surface area contributed by atoms with Crippen LogP contribution in [0.5, 0.6) is 0 Å². The van der Waals surface area contributed by atoms with Crippen molar-refractivity contribution in [1.29, 1.82) is 0 Å². The third kappa shape index (κ3) is 22.9. The van der Waals surface area contributed by atoms with Crippen LogP contribution in [-0.4, -0.2) is 108 Å². The molecule has 0 radical (unpaired) electrons. The fourth-order valence-corrected chi connectivity index (χ4v) is 12.8. The van der Waals surface area contributed by atoms with Crippen molar-refractivity contribution in [3.8, 4) is 0 Å². The van der Waals surface area contributed by atoms with Crippen LogP contribution in [0, 0.1) is 5.92 Å². The molecule has 4 amide bonds. The van der Waals surface area contributed by atoms with Crippen LogP contribution < -0.4 is 21.3 Å². The molecule has 4 N–H and O–H groups in total. The predicted octanol–water partition coefficient (Wildman–Crippen LogP) is 12.8. The number of rotatable bonds is 32. The largest absolute Gasteiger partial charge is 0.500 e. The summed E-state index contributed by atoms with van der Waals surface area (Å²) in [5.74, 6) is 1.42. The molecule has 0 saturated heterocycles. The second kappa shape index (κ2) is 34.1. The summed E-state index contributed by atoms with van der Waals surface area (Å²) in [5, 5.41) is 11.2. The summed E-state index contributed by atoms with van der Waals surface area (Å²) in [6.07, 6.45) is 13.3. The minimum Gasteiger partial charge on any atom is -0.445 e. The summed E-state index contributed by atoms with van der Waals surface area (Å²) in [6, 6.07) is 31.7. The normalized spacial score (nSPS) is 12.1. The molecule has 400 valence electrons. The van der Waals surface area contributed by atoms with Gasteiger partial charge in [-0.05, 0) is 122 Å². The average Bonchev–Trinajstić information content (AvgIpc) is 3.40. The smallest absolute Gasteiger partial charge is 0.445 e. The Morgan fingerprint density at radius 1 is 0.527 bits per heavy atom. The zero-order valence-corrected chi connectivity index (χ0v) is 46.9. The molecular formula is C54H72N4O12S2Si2. The van der Waals surface area contributed by atoms with Crippen LogP contribution in [0.3, 0.4) is 0 Å². The number of allylic oxidation sites excluding steroid dienone is 3. The van der Waals surface area contributed by atoms with Gasteiger partial charge < -0.3 is 46.7 Å². The highest BCUT2D eigenvalue weighted by molar-refractivity contribution is 8.14. The standard InChI is InChI=1S/C54H72N4O12S2Si2/c1-8-42(21-11-13-31-70-52(60)56-48-27-15-23-44(39-48)37-46-25-17-29-50(41-46)58-54(62)72-33-19-35-74(66-5,67-6)68-7)20-10-9-12-30-69-51(59)55-47-26-14-22-43(38-47)36-45-24-16-28-49(40-45)57-53(61)71-32-18-34-73(63-2,64-3)65-4/h8-9,11-17,22-29,38-42H,1,10,18-21,30-37H2,2-7H3,(H,55,59)(H,56,60)(H,57,61)(H,58,62)/b12-9+,13-11+. The molecule has 1 unspecified atom stereocenters. The number of thioether (sulfide) groups is 2. The Balaban J connectivity index is 1.08. The maximum Gasteiger partial charge on any atom is 0.500 e. The topological polar surface area (TPSA) is 190 Å².